The van der Waals surface area contributed by atoms with Gasteiger partial charge in [0.1, 0.15) is 0 Å². The molecule has 1 fully saturated rings. The highest BCUT2D eigenvalue weighted by atomic mass is 35.5. The van der Waals surface area contributed by atoms with Gasteiger partial charge in [0.15, 0.2) is 0 Å². The van der Waals surface area contributed by atoms with Crippen molar-refractivity contribution in [3.05, 3.63) is 29.3 Å². The summed E-state index contributed by atoms with van der Waals surface area (Å²) >= 11 is 0. The van der Waals surface area contributed by atoms with E-state index in [1.165, 1.54) is 12.1 Å². The zero-order valence-electron chi connectivity index (χ0n) is 12.6. The molecule has 124 valence electrons. The van der Waals surface area contributed by atoms with Gasteiger partial charge in [-0.1, -0.05) is 6.07 Å². The Kier molecular flexibility index (Phi) is 6.37. The van der Waals surface area contributed by atoms with Crippen molar-refractivity contribution in [2.24, 2.45) is 5.73 Å². The van der Waals surface area contributed by atoms with Crippen LogP contribution in [-0.2, 0) is 10.0 Å². The molecule has 1 aromatic carbocycles. The van der Waals surface area contributed by atoms with Crippen molar-refractivity contribution in [2.75, 3.05) is 6.54 Å². The molecule has 2 unspecified atom stereocenters. The Morgan fingerprint density at radius 3 is 2.68 bits per heavy atom. The van der Waals surface area contributed by atoms with Gasteiger partial charge in [0.25, 0.3) is 0 Å². The number of rotatable bonds is 4. The summed E-state index contributed by atoms with van der Waals surface area (Å²) < 4.78 is 27.5. The van der Waals surface area contributed by atoms with E-state index in [0.29, 0.717) is 5.56 Å². The Bertz CT molecular complexity index is 649. The quantitative estimate of drug-likeness (QED) is 0.754. The van der Waals surface area contributed by atoms with E-state index in [0.717, 1.165) is 19.4 Å². The number of piperidine rings is 1. The molecule has 1 aliphatic rings. The SMILES string of the molecule is Cc1ccc(S(=O)(=O)NC2CCNC(C)C2)cc1C(N)=O.Cl. The highest BCUT2D eigenvalue weighted by Crippen LogP contribution is 2.17. The maximum absolute atomic E-state index is 12.4. The van der Waals surface area contributed by atoms with Gasteiger partial charge in [-0.05, 0) is 50.9 Å². The Balaban J connectivity index is 0.00000242. The van der Waals surface area contributed by atoms with Gasteiger partial charge in [-0.2, -0.15) is 0 Å². The summed E-state index contributed by atoms with van der Waals surface area (Å²) in [7, 11) is -3.64. The van der Waals surface area contributed by atoms with E-state index in [2.05, 4.69) is 10.0 Å². The van der Waals surface area contributed by atoms with Crippen molar-refractivity contribution in [1.29, 1.82) is 0 Å². The Morgan fingerprint density at radius 2 is 2.09 bits per heavy atom. The summed E-state index contributed by atoms with van der Waals surface area (Å²) in [5, 5.41) is 3.27. The van der Waals surface area contributed by atoms with E-state index in [1.54, 1.807) is 13.0 Å². The zero-order valence-corrected chi connectivity index (χ0v) is 14.3. The molecule has 2 atom stereocenters. The summed E-state index contributed by atoms with van der Waals surface area (Å²) in [4.78, 5) is 11.4. The lowest BCUT2D eigenvalue weighted by molar-refractivity contribution is 0.0999. The normalized spacial score (nSPS) is 21.9. The monoisotopic (exact) mass is 347 g/mol. The van der Waals surface area contributed by atoms with Crippen molar-refractivity contribution < 1.29 is 13.2 Å². The second kappa shape index (κ2) is 7.41. The average molecular weight is 348 g/mol. The molecule has 0 aromatic heterocycles. The number of hydrogen-bond acceptors (Lipinski definition) is 4. The van der Waals surface area contributed by atoms with Crippen LogP contribution in [0.5, 0.6) is 0 Å². The second-order valence-electron chi connectivity index (χ2n) is 5.54. The molecule has 0 bridgehead atoms. The number of hydrogen-bond donors (Lipinski definition) is 3. The third-order valence-electron chi connectivity index (χ3n) is 3.73. The fourth-order valence-corrected chi connectivity index (χ4v) is 3.87. The third-order valence-corrected chi connectivity index (χ3v) is 5.25. The van der Waals surface area contributed by atoms with E-state index in [9.17, 15) is 13.2 Å². The minimum absolute atomic E-state index is 0. The molecule has 2 rings (SSSR count). The van der Waals surface area contributed by atoms with Crippen LogP contribution in [0.3, 0.4) is 0 Å². The van der Waals surface area contributed by atoms with Crippen LogP contribution >= 0.6 is 12.4 Å². The molecular formula is C14H22ClN3O3S. The molecule has 1 amide bonds. The lowest BCUT2D eigenvalue weighted by Crippen LogP contribution is -2.46. The summed E-state index contributed by atoms with van der Waals surface area (Å²) in [6.45, 7) is 4.53. The minimum Gasteiger partial charge on any atom is -0.366 e. The molecule has 0 saturated carbocycles. The zero-order chi connectivity index (χ0) is 15.6. The number of benzene rings is 1. The van der Waals surface area contributed by atoms with Crippen LogP contribution in [0.15, 0.2) is 23.1 Å². The molecule has 0 spiro atoms. The molecule has 4 N–H and O–H groups in total. The molecule has 8 heteroatoms. The topological polar surface area (TPSA) is 101 Å². The highest BCUT2D eigenvalue weighted by Gasteiger charge is 2.25. The van der Waals surface area contributed by atoms with E-state index >= 15 is 0 Å². The second-order valence-corrected chi connectivity index (χ2v) is 7.25. The molecule has 22 heavy (non-hydrogen) atoms. The molecule has 0 aliphatic carbocycles. The van der Waals surface area contributed by atoms with Crippen molar-refractivity contribution >= 4 is 28.3 Å². The number of carbonyl (C=O) groups is 1. The van der Waals surface area contributed by atoms with Crippen LogP contribution < -0.4 is 15.8 Å². The number of sulfonamides is 1. The van der Waals surface area contributed by atoms with Gasteiger partial charge >= 0.3 is 0 Å². The van der Waals surface area contributed by atoms with Crippen LogP contribution in [0.25, 0.3) is 0 Å². The van der Waals surface area contributed by atoms with E-state index in [4.69, 9.17) is 5.73 Å². The molecule has 1 aliphatic heterocycles. The summed E-state index contributed by atoms with van der Waals surface area (Å²) in [6.07, 6.45) is 1.49. The van der Waals surface area contributed by atoms with Crippen LogP contribution in [0.4, 0.5) is 0 Å². The first-order valence-corrected chi connectivity index (χ1v) is 8.44. The smallest absolute Gasteiger partial charge is 0.249 e. The fraction of sp³-hybridized carbons (Fsp3) is 0.500. The number of carbonyl (C=O) groups excluding carboxylic acids is 1. The lowest BCUT2D eigenvalue weighted by Gasteiger charge is -2.28. The number of primary amides is 1. The van der Waals surface area contributed by atoms with Gasteiger partial charge in [0, 0.05) is 17.6 Å². The first kappa shape index (κ1) is 18.9. The highest BCUT2D eigenvalue weighted by molar-refractivity contribution is 7.89. The maximum Gasteiger partial charge on any atom is 0.249 e. The Morgan fingerprint density at radius 1 is 1.41 bits per heavy atom. The predicted octanol–water partition coefficient (Wildman–Crippen LogP) is 0.935. The van der Waals surface area contributed by atoms with Crippen LogP contribution in [0.2, 0.25) is 0 Å². The fourth-order valence-electron chi connectivity index (χ4n) is 2.56. The standard InChI is InChI=1S/C14H21N3O3S.ClH/c1-9-3-4-12(8-13(9)14(15)18)21(19,20)17-11-5-6-16-10(2)7-11;/h3-4,8,10-11,16-17H,5-7H2,1-2H3,(H2,15,18);1H. The van der Waals surface area contributed by atoms with Crippen LogP contribution in [0.1, 0.15) is 35.7 Å². The first-order chi connectivity index (χ1) is 9.79. The number of nitrogens with one attached hydrogen (secondary N) is 2. The maximum atomic E-state index is 12.4. The van der Waals surface area contributed by atoms with Gasteiger partial charge in [-0.15, -0.1) is 12.4 Å². The average Bonchev–Trinajstić information content (AvgIpc) is 2.38. The Hall–Kier alpha value is -1.15. The third kappa shape index (κ3) is 4.42. The number of aryl methyl sites for hydroxylation is 1. The minimum atomic E-state index is -3.64. The lowest BCUT2D eigenvalue weighted by atomic mass is 10.0. The molecular weight excluding hydrogens is 326 g/mol. The molecule has 6 nitrogen and oxygen atoms in total. The summed E-state index contributed by atoms with van der Waals surface area (Å²) in [6, 6.07) is 4.62. The van der Waals surface area contributed by atoms with Crippen molar-refractivity contribution in [1.82, 2.24) is 10.0 Å². The predicted molar refractivity (Wildman–Crippen MR) is 87.8 cm³/mol. The van der Waals surface area contributed by atoms with E-state index in [-0.39, 0.29) is 34.9 Å². The van der Waals surface area contributed by atoms with Gasteiger partial charge in [0.2, 0.25) is 15.9 Å². The van der Waals surface area contributed by atoms with Crippen LogP contribution in [-0.4, -0.2) is 33.0 Å². The van der Waals surface area contributed by atoms with Crippen LogP contribution in [0, 0.1) is 6.92 Å². The largest absolute Gasteiger partial charge is 0.366 e. The number of nitrogens with two attached hydrogens (primary N) is 1. The van der Waals surface area contributed by atoms with Gasteiger partial charge in [0.05, 0.1) is 4.90 Å². The van der Waals surface area contributed by atoms with Gasteiger partial charge in [-0.25, -0.2) is 13.1 Å². The van der Waals surface area contributed by atoms with E-state index < -0.39 is 15.9 Å². The van der Waals surface area contributed by atoms with Gasteiger partial charge < -0.3 is 11.1 Å². The summed E-state index contributed by atoms with van der Waals surface area (Å²) in [5.41, 5.74) is 6.16. The number of amides is 1. The molecule has 1 heterocycles. The van der Waals surface area contributed by atoms with E-state index in [1.807, 2.05) is 6.92 Å². The number of halogens is 1. The first-order valence-electron chi connectivity index (χ1n) is 6.96. The summed E-state index contributed by atoms with van der Waals surface area (Å²) in [5.74, 6) is -0.625. The van der Waals surface area contributed by atoms with Crippen molar-refractivity contribution in [3.8, 4) is 0 Å². The van der Waals surface area contributed by atoms with Crippen molar-refractivity contribution in [3.63, 3.8) is 0 Å². The van der Waals surface area contributed by atoms with Crippen molar-refractivity contribution in [2.45, 2.75) is 43.7 Å². The molecule has 1 saturated heterocycles. The Labute approximate surface area is 137 Å². The van der Waals surface area contributed by atoms with Gasteiger partial charge in [-0.3, -0.25) is 4.79 Å². The molecule has 0 radical (unpaired) electrons. The molecule has 1 aromatic rings.